The highest BCUT2D eigenvalue weighted by molar-refractivity contribution is 5.77. The van der Waals surface area contributed by atoms with Gasteiger partial charge in [-0.3, -0.25) is 4.79 Å². The summed E-state index contributed by atoms with van der Waals surface area (Å²) in [7, 11) is 0. The molecule has 22 heavy (non-hydrogen) atoms. The van der Waals surface area contributed by atoms with Crippen LogP contribution in [0.3, 0.4) is 0 Å². The first kappa shape index (κ1) is 16.3. The second-order valence-corrected chi connectivity index (χ2v) is 5.90. The second-order valence-electron chi connectivity index (χ2n) is 5.90. The van der Waals surface area contributed by atoms with Crippen LogP contribution in [-0.2, 0) is 11.2 Å². The van der Waals surface area contributed by atoms with Gasteiger partial charge in [-0.05, 0) is 36.0 Å². The van der Waals surface area contributed by atoms with Crippen molar-refractivity contribution in [1.82, 2.24) is 5.32 Å². The number of nitrogens with one attached hydrogen (secondary N) is 1. The molecule has 0 aliphatic carbocycles. The van der Waals surface area contributed by atoms with Crippen LogP contribution in [0.15, 0.2) is 54.6 Å². The van der Waals surface area contributed by atoms with Gasteiger partial charge >= 0.3 is 0 Å². The summed E-state index contributed by atoms with van der Waals surface area (Å²) in [4.78, 5) is 12.2. The minimum Gasteiger partial charge on any atom is -0.350 e. The van der Waals surface area contributed by atoms with Crippen LogP contribution in [-0.4, -0.2) is 5.91 Å². The number of aryl methyl sites for hydroxylation is 1. The molecule has 2 heteroatoms. The van der Waals surface area contributed by atoms with Crippen LogP contribution in [0.4, 0.5) is 0 Å². The Kier molecular flexibility index (Phi) is 5.76. The zero-order chi connectivity index (χ0) is 15.9. The predicted octanol–water partition coefficient (Wildman–Crippen LogP) is 4.62. The predicted molar refractivity (Wildman–Crippen MR) is 91.9 cm³/mol. The van der Waals surface area contributed by atoms with E-state index in [1.165, 1.54) is 11.1 Å². The average molecular weight is 295 g/mol. The van der Waals surface area contributed by atoms with Gasteiger partial charge in [0.05, 0.1) is 6.04 Å². The average Bonchev–Trinajstić information content (AvgIpc) is 2.55. The van der Waals surface area contributed by atoms with Gasteiger partial charge < -0.3 is 5.32 Å². The molecule has 0 fully saturated rings. The zero-order valence-electron chi connectivity index (χ0n) is 13.7. The normalized spacial score (nSPS) is 13.4. The van der Waals surface area contributed by atoms with Gasteiger partial charge in [-0.2, -0.15) is 0 Å². The summed E-state index contributed by atoms with van der Waals surface area (Å²) in [6.07, 6.45) is 1.55. The summed E-state index contributed by atoms with van der Waals surface area (Å²) in [6.45, 7) is 6.27. The molecular formula is C20H25NO. The van der Waals surface area contributed by atoms with Crippen molar-refractivity contribution < 1.29 is 4.79 Å². The summed E-state index contributed by atoms with van der Waals surface area (Å²) < 4.78 is 0. The van der Waals surface area contributed by atoms with E-state index in [4.69, 9.17) is 0 Å². The maximum Gasteiger partial charge on any atom is 0.221 e. The molecule has 2 rings (SSSR count). The minimum atomic E-state index is 0.0429. The maximum absolute atomic E-state index is 12.2. The van der Waals surface area contributed by atoms with E-state index in [2.05, 4.69) is 55.6 Å². The van der Waals surface area contributed by atoms with E-state index < -0.39 is 0 Å². The Morgan fingerprint density at radius 3 is 2.18 bits per heavy atom. The lowest BCUT2D eigenvalue weighted by Gasteiger charge is -2.17. The first-order valence-corrected chi connectivity index (χ1v) is 8.03. The van der Waals surface area contributed by atoms with Crippen LogP contribution in [0, 0.1) is 0 Å². The standard InChI is InChI=1S/C20H25NO/c1-4-17-10-12-19(13-11-17)16(3)21-20(22)14-15(2)18-8-6-5-7-9-18/h5-13,15-16H,4,14H2,1-3H3,(H,21,22). The van der Waals surface area contributed by atoms with E-state index >= 15 is 0 Å². The Hall–Kier alpha value is -2.09. The van der Waals surface area contributed by atoms with Crippen molar-refractivity contribution in [2.45, 2.75) is 45.6 Å². The molecule has 2 unspecified atom stereocenters. The van der Waals surface area contributed by atoms with Crippen molar-refractivity contribution in [3.63, 3.8) is 0 Å². The molecule has 0 spiro atoms. The zero-order valence-corrected chi connectivity index (χ0v) is 13.7. The van der Waals surface area contributed by atoms with Gasteiger partial charge in [0.1, 0.15) is 0 Å². The molecule has 0 saturated heterocycles. The Morgan fingerprint density at radius 2 is 1.59 bits per heavy atom. The van der Waals surface area contributed by atoms with Crippen molar-refractivity contribution in [3.8, 4) is 0 Å². The number of hydrogen-bond donors (Lipinski definition) is 1. The largest absolute Gasteiger partial charge is 0.350 e. The molecule has 2 aromatic carbocycles. The van der Waals surface area contributed by atoms with Crippen LogP contribution >= 0.6 is 0 Å². The first-order chi connectivity index (χ1) is 10.6. The molecule has 116 valence electrons. The van der Waals surface area contributed by atoms with Gasteiger partial charge in [0, 0.05) is 6.42 Å². The number of rotatable bonds is 6. The molecule has 0 aliphatic rings. The van der Waals surface area contributed by atoms with E-state index in [1.807, 2.05) is 25.1 Å². The molecule has 2 aromatic rings. The summed E-state index contributed by atoms with van der Waals surface area (Å²) in [6, 6.07) is 18.7. The summed E-state index contributed by atoms with van der Waals surface area (Å²) in [5, 5.41) is 3.10. The third-order valence-electron chi connectivity index (χ3n) is 4.13. The van der Waals surface area contributed by atoms with Gasteiger partial charge in [0.15, 0.2) is 0 Å². The number of benzene rings is 2. The fourth-order valence-corrected chi connectivity index (χ4v) is 2.60. The summed E-state index contributed by atoms with van der Waals surface area (Å²) in [5.41, 5.74) is 3.68. The first-order valence-electron chi connectivity index (χ1n) is 8.03. The van der Waals surface area contributed by atoms with Gasteiger partial charge in [-0.25, -0.2) is 0 Å². The van der Waals surface area contributed by atoms with Crippen LogP contribution in [0.1, 0.15) is 55.8 Å². The van der Waals surface area contributed by atoms with Gasteiger partial charge in [0.25, 0.3) is 0 Å². The Balaban J connectivity index is 1.90. The Morgan fingerprint density at radius 1 is 0.955 bits per heavy atom. The lowest BCUT2D eigenvalue weighted by molar-refractivity contribution is -0.122. The molecule has 0 aromatic heterocycles. The monoisotopic (exact) mass is 295 g/mol. The van der Waals surface area contributed by atoms with Crippen LogP contribution < -0.4 is 5.32 Å². The van der Waals surface area contributed by atoms with E-state index in [-0.39, 0.29) is 17.9 Å². The highest BCUT2D eigenvalue weighted by Gasteiger charge is 2.14. The summed E-state index contributed by atoms with van der Waals surface area (Å²) >= 11 is 0. The molecule has 0 saturated carbocycles. The van der Waals surface area contributed by atoms with Crippen LogP contribution in [0.2, 0.25) is 0 Å². The highest BCUT2D eigenvalue weighted by Crippen LogP contribution is 2.19. The van der Waals surface area contributed by atoms with Crippen LogP contribution in [0.25, 0.3) is 0 Å². The lowest BCUT2D eigenvalue weighted by atomic mass is 9.97. The number of carbonyl (C=O) groups excluding carboxylic acids is 1. The van der Waals surface area contributed by atoms with Crippen LogP contribution in [0.5, 0.6) is 0 Å². The van der Waals surface area contributed by atoms with Crippen molar-refractivity contribution in [1.29, 1.82) is 0 Å². The maximum atomic E-state index is 12.2. The smallest absolute Gasteiger partial charge is 0.221 e. The van der Waals surface area contributed by atoms with Gasteiger partial charge in [-0.1, -0.05) is 68.4 Å². The molecule has 0 heterocycles. The van der Waals surface area contributed by atoms with Crippen molar-refractivity contribution in [3.05, 3.63) is 71.3 Å². The molecular weight excluding hydrogens is 270 g/mol. The molecule has 1 N–H and O–H groups in total. The second kappa shape index (κ2) is 7.79. The molecule has 2 nitrogen and oxygen atoms in total. The fraction of sp³-hybridized carbons (Fsp3) is 0.350. The summed E-state index contributed by atoms with van der Waals surface area (Å²) in [5.74, 6) is 0.333. The quantitative estimate of drug-likeness (QED) is 0.827. The molecule has 0 radical (unpaired) electrons. The number of hydrogen-bond acceptors (Lipinski definition) is 1. The van der Waals surface area contributed by atoms with E-state index in [9.17, 15) is 4.79 Å². The highest BCUT2D eigenvalue weighted by atomic mass is 16.1. The van der Waals surface area contributed by atoms with Gasteiger partial charge in [-0.15, -0.1) is 0 Å². The van der Waals surface area contributed by atoms with E-state index in [0.717, 1.165) is 12.0 Å². The topological polar surface area (TPSA) is 29.1 Å². The Labute approximate surface area is 133 Å². The third-order valence-corrected chi connectivity index (χ3v) is 4.13. The van der Waals surface area contributed by atoms with Gasteiger partial charge in [0.2, 0.25) is 5.91 Å². The van der Waals surface area contributed by atoms with E-state index in [0.29, 0.717) is 6.42 Å². The van der Waals surface area contributed by atoms with Crippen molar-refractivity contribution >= 4 is 5.91 Å². The molecule has 2 atom stereocenters. The third kappa shape index (κ3) is 4.45. The molecule has 0 bridgehead atoms. The van der Waals surface area contributed by atoms with E-state index in [1.54, 1.807) is 0 Å². The lowest BCUT2D eigenvalue weighted by Crippen LogP contribution is -2.27. The van der Waals surface area contributed by atoms with Crippen molar-refractivity contribution in [2.24, 2.45) is 0 Å². The number of carbonyl (C=O) groups is 1. The number of amides is 1. The molecule has 1 amide bonds. The fourth-order valence-electron chi connectivity index (χ4n) is 2.60. The Bertz CT molecular complexity index is 589. The minimum absolute atomic E-state index is 0.0429. The molecule has 0 aliphatic heterocycles. The SMILES string of the molecule is CCc1ccc(C(C)NC(=O)CC(C)c2ccccc2)cc1. The van der Waals surface area contributed by atoms with Crippen molar-refractivity contribution in [2.75, 3.05) is 0 Å².